The molecule has 0 spiro atoms. The lowest BCUT2D eigenvalue weighted by atomic mass is 10.5. The second kappa shape index (κ2) is 6.54. The molecular formula is C7H9NO3. The van der Waals surface area contributed by atoms with Gasteiger partial charge in [0, 0.05) is 12.4 Å². The first-order chi connectivity index (χ1) is 5.35. The van der Waals surface area contributed by atoms with Crippen molar-refractivity contribution in [3.05, 3.63) is 24.5 Å². The number of aromatic nitrogens is 1. The normalized spacial score (nSPS) is 7.36. The molecule has 1 rings (SSSR count). The average Bonchev–Trinajstić information content (AvgIpc) is 2.08. The van der Waals surface area contributed by atoms with Gasteiger partial charge in [0.1, 0.15) is 5.75 Å². The zero-order valence-electron chi connectivity index (χ0n) is 6.10. The summed E-state index contributed by atoms with van der Waals surface area (Å²) in [6.45, 7) is -0.250. The van der Waals surface area contributed by atoms with Crippen LogP contribution in [0.1, 0.15) is 0 Å². The van der Waals surface area contributed by atoms with Crippen LogP contribution >= 0.6 is 0 Å². The summed E-state index contributed by atoms with van der Waals surface area (Å²) in [6, 6.07) is 3.61. The standard InChI is InChI=1S/C6H7NO.CH2O2/c1-8-6-2-4-7-5-3-6;2-1-3/h2-5H,1H3;1H,(H,2,3). The SMILES string of the molecule is COc1ccncc1.O=CO. The quantitative estimate of drug-likeness (QED) is 0.609. The number of nitrogens with zero attached hydrogens (tertiary/aromatic N) is 1. The topological polar surface area (TPSA) is 59.4 Å². The van der Waals surface area contributed by atoms with Gasteiger partial charge < -0.3 is 9.84 Å². The lowest BCUT2D eigenvalue weighted by Gasteiger charge is -1.93. The van der Waals surface area contributed by atoms with Crippen molar-refractivity contribution in [2.24, 2.45) is 0 Å². The van der Waals surface area contributed by atoms with Crippen molar-refractivity contribution in [3.63, 3.8) is 0 Å². The Labute approximate surface area is 64.5 Å². The number of hydrogen-bond acceptors (Lipinski definition) is 3. The molecule has 0 fully saturated rings. The highest BCUT2D eigenvalue weighted by molar-refractivity contribution is 5.32. The molecule has 0 aliphatic rings. The van der Waals surface area contributed by atoms with Gasteiger partial charge in [-0.25, -0.2) is 0 Å². The first kappa shape index (κ1) is 9.42. The molecule has 0 unspecified atom stereocenters. The van der Waals surface area contributed by atoms with E-state index in [1.54, 1.807) is 31.6 Å². The zero-order valence-corrected chi connectivity index (χ0v) is 6.10. The summed E-state index contributed by atoms with van der Waals surface area (Å²) < 4.78 is 4.87. The first-order valence-electron chi connectivity index (χ1n) is 2.87. The summed E-state index contributed by atoms with van der Waals surface area (Å²) >= 11 is 0. The maximum absolute atomic E-state index is 8.36. The van der Waals surface area contributed by atoms with Crippen LogP contribution in [0.2, 0.25) is 0 Å². The molecule has 0 aromatic carbocycles. The first-order valence-corrected chi connectivity index (χ1v) is 2.87. The third kappa shape index (κ3) is 4.90. The predicted octanol–water partition coefficient (Wildman–Crippen LogP) is 0.791. The molecule has 0 aliphatic carbocycles. The zero-order chi connectivity index (χ0) is 8.53. The minimum atomic E-state index is -0.250. The third-order valence-electron chi connectivity index (χ3n) is 0.885. The second-order valence-corrected chi connectivity index (χ2v) is 1.49. The molecule has 0 amide bonds. The Morgan fingerprint density at radius 1 is 1.55 bits per heavy atom. The van der Waals surface area contributed by atoms with Gasteiger partial charge in [-0.2, -0.15) is 0 Å². The molecule has 0 bridgehead atoms. The van der Waals surface area contributed by atoms with Crippen molar-refractivity contribution in [1.29, 1.82) is 0 Å². The van der Waals surface area contributed by atoms with Gasteiger partial charge in [0.05, 0.1) is 7.11 Å². The van der Waals surface area contributed by atoms with Crippen LogP contribution < -0.4 is 4.74 Å². The summed E-state index contributed by atoms with van der Waals surface area (Å²) in [5.74, 6) is 0.847. The summed E-state index contributed by atoms with van der Waals surface area (Å²) in [7, 11) is 1.63. The number of rotatable bonds is 1. The number of carbonyl (C=O) groups is 1. The highest BCUT2D eigenvalue weighted by atomic mass is 16.5. The molecule has 0 saturated carbocycles. The Morgan fingerprint density at radius 2 is 2.00 bits per heavy atom. The average molecular weight is 155 g/mol. The van der Waals surface area contributed by atoms with Gasteiger partial charge in [0.15, 0.2) is 0 Å². The largest absolute Gasteiger partial charge is 0.497 e. The van der Waals surface area contributed by atoms with Crippen LogP contribution in [0.5, 0.6) is 5.75 Å². The lowest BCUT2D eigenvalue weighted by Crippen LogP contribution is -1.80. The predicted molar refractivity (Wildman–Crippen MR) is 39.5 cm³/mol. The van der Waals surface area contributed by atoms with E-state index < -0.39 is 0 Å². The van der Waals surface area contributed by atoms with Crippen molar-refractivity contribution < 1.29 is 14.6 Å². The maximum atomic E-state index is 8.36. The van der Waals surface area contributed by atoms with E-state index in [1.165, 1.54) is 0 Å². The molecule has 11 heavy (non-hydrogen) atoms. The van der Waals surface area contributed by atoms with Crippen LogP contribution in [0.4, 0.5) is 0 Å². The summed E-state index contributed by atoms with van der Waals surface area (Å²) in [5, 5.41) is 6.89. The molecule has 0 radical (unpaired) electrons. The second-order valence-electron chi connectivity index (χ2n) is 1.49. The molecule has 0 aliphatic heterocycles. The van der Waals surface area contributed by atoms with E-state index in [0.29, 0.717) is 0 Å². The Bertz CT molecular complexity index is 188. The van der Waals surface area contributed by atoms with Gasteiger partial charge in [-0.3, -0.25) is 9.78 Å². The monoisotopic (exact) mass is 155 g/mol. The van der Waals surface area contributed by atoms with Crippen molar-refractivity contribution >= 4 is 6.47 Å². The molecule has 60 valence electrons. The number of ether oxygens (including phenoxy) is 1. The van der Waals surface area contributed by atoms with Gasteiger partial charge >= 0.3 is 0 Å². The van der Waals surface area contributed by atoms with Gasteiger partial charge in [0.2, 0.25) is 0 Å². The van der Waals surface area contributed by atoms with Crippen molar-refractivity contribution in [2.75, 3.05) is 7.11 Å². The third-order valence-corrected chi connectivity index (χ3v) is 0.885. The number of carboxylic acid groups (broad SMARTS) is 1. The number of methoxy groups -OCH3 is 1. The summed E-state index contributed by atoms with van der Waals surface area (Å²) in [6.07, 6.45) is 3.39. The Kier molecular flexibility index (Phi) is 5.60. The fourth-order valence-corrected chi connectivity index (χ4v) is 0.474. The summed E-state index contributed by atoms with van der Waals surface area (Å²) in [4.78, 5) is 12.2. The Hall–Kier alpha value is -1.58. The fourth-order valence-electron chi connectivity index (χ4n) is 0.474. The maximum Gasteiger partial charge on any atom is 0.290 e. The van der Waals surface area contributed by atoms with Crippen molar-refractivity contribution in [3.8, 4) is 5.75 Å². The number of hydrogen-bond donors (Lipinski definition) is 1. The minimum Gasteiger partial charge on any atom is -0.497 e. The van der Waals surface area contributed by atoms with Crippen molar-refractivity contribution in [1.82, 2.24) is 4.98 Å². The molecule has 4 heteroatoms. The van der Waals surface area contributed by atoms with Gasteiger partial charge in [-0.05, 0) is 12.1 Å². The lowest BCUT2D eigenvalue weighted by molar-refractivity contribution is -0.122. The number of pyridine rings is 1. The van der Waals surface area contributed by atoms with E-state index in [1.807, 2.05) is 0 Å². The van der Waals surface area contributed by atoms with Crippen LogP contribution in [0.25, 0.3) is 0 Å². The van der Waals surface area contributed by atoms with Gasteiger partial charge in [0.25, 0.3) is 6.47 Å². The van der Waals surface area contributed by atoms with Crippen LogP contribution in [-0.4, -0.2) is 23.7 Å². The minimum absolute atomic E-state index is 0.250. The van der Waals surface area contributed by atoms with E-state index in [-0.39, 0.29) is 6.47 Å². The smallest absolute Gasteiger partial charge is 0.290 e. The van der Waals surface area contributed by atoms with Crippen molar-refractivity contribution in [2.45, 2.75) is 0 Å². The van der Waals surface area contributed by atoms with E-state index in [4.69, 9.17) is 14.6 Å². The van der Waals surface area contributed by atoms with Gasteiger partial charge in [-0.1, -0.05) is 0 Å². The molecule has 4 nitrogen and oxygen atoms in total. The molecule has 1 heterocycles. The highest BCUT2D eigenvalue weighted by Gasteiger charge is 1.81. The molecule has 0 saturated heterocycles. The Balaban J connectivity index is 0.000000292. The van der Waals surface area contributed by atoms with Crippen LogP contribution in [-0.2, 0) is 4.79 Å². The molecule has 1 N–H and O–H groups in total. The molecule has 1 aromatic heterocycles. The fraction of sp³-hybridized carbons (Fsp3) is 0.143. The molecule has 1 aromatic rings. The van der Waals surface area contributed by atoms with E-state index in [9.17, 15) is 0 Å². The van der Waals surface area contributed by atoms with Crippen LogP contribution in [0, 0.1) is 0 Å². The van der Waals surface area contributed by atoms with E-state index in [0.717, 1.165) is 5.75 Å². The molecular weight excluding hydrogens is 146 g/mol. The van der Waals surface area contributed by atoms with Crippen LogP contribution in [0.15, 0.2) is 24.5 Å². The molecule has 0 atom stereocenters. The van der Waals surface area contributed by atoms with E-state index in [2.05, 4.69) is 4.98 Å². The highest BCUT2D eigenvalue weighted by Crippen LogP contribution is 2.03. The van der Waals surface area contributed by atoms with Crippen LogP contribution in [0.3, 0.4) is 0 Å². The van der Waals surface area contributed by atoms with E-state index >= 15 is 0 Å². The van der Waals surface area contributed by atoms with Gasteiger partial charge in [-0.15, -0.1) is 0 Å². The Morgan fingerprint density at radius 3 is 2.27 bits per heavy atom. The summed E-state index contributed by atoms with van der Waals surface area (Å²) in [5.41, 5.74) is 0.